The van der Waals surface area contributed by atoms with Crippen molar-refractivity contribution in [3.63, 3.8) is 0 Å². The normalized spacial score (nSPS) is 30.5. The number of pyridine rings is 1. The van der Waals surface area contributed by atoms with Crippen LogP contribution in [0.4, 0.5) is 5.82 Å². The Hall–Kier alpha value is -3.74. The number of carbonyl (C=O) groups excluding carboxylic acids is 2. The Morgan fingerprint density at radius 3 is 2.84 bits per heavy atom. The van der Waals surface area contributed by atoms with Crippen LogP contribution < -0.4 is 14.4 Å². The van der Waals surface area contributed by atoms with E-state index in [1.807, 2.05) is 13.0 Å². The fourth-order valence-electron chi connectivity index (χ4n) is 7.96. The van der Waals surface area contributed by atoms with Crippen molar-refractivity contribution >= 4 is 39.1 Å². The van der Waals surface area contributed by atoms with E-state index < -0.39 is 21.7 Å². The number of halogens is 1. The maximum atomic E-state index is 14.4. The van der Waals surface area contributed by atoms with Gasteiger partial charge in [-0.25, -0.2) is 9.19 Å². The van der Waals surface area contributed by atoms with Crippen LogP contribution in [-0.4, -0.2) is 69.5 Å². The molecule has 7 rings (SSSR count). The number of aryl methyl sites for hydroxylation is 2. The molecule has 1 fully saturated rings. The number of nitrogens with one attached hydrogen (secondary N) is 1. The fraction of sp³-hybridized carbons (Fsp3) is 0.500. The number of aromatic nitrogens is 3. The average Bonchev–Trinajstić information content (AvgIpc) is 3.43. The summed E-state index contributed by atoms with van der Waals surface area (Å²) in [4.78, 5) is 34.2. The monoisotopic (exact) mass is 706 g/mol. The van der Waals surface area contributed by atoms with Gasteiger partial charge in [0.05, 0.1) is 30.2 Å². The first-order valence-corrected chi connectivity index (χ1v) is 19.1. The number of fused-ring (bicyclic) bond motifs is 4. The zero-order valence-electron chi connectivity index (χ0n) is 28.1. The van der Waals surface area contributed by atoms with Crippen LogP contribution in [0, 0.1) is 17.8 Å². The quantitative estimate of drug-likeness (QED) is 0.352. The van der Waals surface area contributed by atoms with Crippen LogP contribution in [0.15, 0.2) is 59.2 Å². The first-order valence-electron chi connectivity index (χ1n) is 17.0. The Bertz CT molecular complexity index is 1920. The molecule has 2 amide bonds. The van der Waals surface area contributed by atoms with Gasteiger partial charge in [-0.3, -0.25) is 19.0 Å². The van der Waals surface area contributed by atoms with E-state index in [0.29, 0.717) is 43.0 Å². The lowest BCUT2D eigenvalue weighted by atomic mass is 9.68. The number of hydrogen-bond acceptors (Lipinski definition) is 8. The molecule has 1 aromatic carbocycles. The van der Waals surface area contributed by atoms with Gasteiger partial charge in [0, 0.05) is 43.9 Å². The minimum Gasteiger partial charge on any atom is -0.489 e. The predicted octanol–water partition coefficient (Wildman–Crippen LogP) is 5.53. The molecule has 4 aliphatic rings. The molecule has 2 bridgehead atoms. The van der Waals surface area contributed by atoms with E-state index in [4.69, 9.17) is 26.1 Å². The van der Waals surface area contributed by atoms with Crippen LogP contribution >= 0.6 is 11.6 Å². The van der Waals surface area contributed by atoms with Crippen LogP contribution in [0.3, 0.4) is 0 Å². The van der Waals surface area contributed by atoms with Crippen molar-refractivity contribution in [1.82, 2.24) is 19.5 Å². The molecule has 2 aliphatic carbocycles. The highest BCUT2D eigenvalue weighted by atomic mass is 35.5. The number of amides is 2. The highest BCUT2D eigenvalue weighted by Gasteiger charge is 2.45. The number of methoxy groups -OCH3 is 1. The zero-order valence-corrected chi connectivity index (χ0v) is 29.7. The Kier molecular flexibility index (Phi) is 9.31. The van der Waals surface area contributed by atoms with Crippen molar-refractivity contribution in [2.45, 2.75) is 57.0 Å². The molecule has 1 N–H and O–H groups in total. The second kappa shape index (κ2) is 13.5. The van der Waals surface area contributed by atoms with E-state index in [-0.39, 0.29) is 34.4 Å². The maximum absolute atomic E-state index is 14.4. The average molecular weight is 707 g/mol. The number of rotatable bonds is 3. The molecule has 2 aliphatic heterocycles. The molecular formula is C36H43ClN6O5S. The van der Waals surface area contributed by atoms with E-state index in [1.54, 1.807) is 26.3 Å². The van der Waals surface area contributed by atoms with Gasteiger partial charge in [-0.2, -0.15) is 5.10 Å². The highest BCUT2D eigenvalue weighted by Crippen LogP contribution is 2.46. The summed E-state index contributed by atoms with van der Waals surface area (Å²) >= 11 is 6.44. The first kappa shape index (κ1) is 33.7. The zero-order chi connectivity index (χ0) is 34.3. The van der Waals surface area contributed by atoms with Gasteiger partial charge in [-0.15, -0.1) is 4.36 Å². The summed E-state index contributed by atoms with van der Waals surface area (Å²) in [5.74, 6) is 0.268. The van der Waals surface area contributed by atoms with Gasteiger partial charge in [0.15, 0.2) is 11.6 Å². The number of carbonyl (C=O) groups is 2. The van der Waals surface area contributed by atoms with E-state index in [0.717, 1.165) is 43.7 Å². The van der Waals surface area contributed by atoms with Crippen LogP contribution in [0.25, 0.3) is 0 Å². The SMILES string of the molecule is CO[C@H]1/C=C/C[C@H](C)CS(=O)(NC(=O)c2cnn(C)c2)=NC(=O)c2ccc3c(n2)N(C[C@@H]2CC[C@H]21)C[C@@]1(CCCc2cc(Cl)ccc21)CO3. The summed E-state index contributed by atoms with van der Waals surface area (Å²) in [6.45, 7) is 3.77. The number of nitrogens with zero attached hydrogens (tertiary/aromatic N) is 5. The van der Waals surface area contributed by atoms with Crippen molar-refractivity contribution in [3.05, 3.63) is 82.3 Å². The third-order valence-electron chi connectivity index (χ3n) is 10.5. The van der Waals surface area contributed by atoms with E-state index in [2.05, 4.69) is 43.4 Å². The summed E-state index contributed by atoms with van der Waals surface area (Å²) in [6, 6.07) is 9.51. The molecule has 0 saturated heterocycles. The summed E-state index contributed by atoms with van der Waals surface area (Å²) in [7, 11) is -0.117. The molecule has 0 radical (unpaired) electrons. The second-order valence-electron chi connectivity index (χ2n) is 14.1. The fourth-order valence-corrected chi connectivity index (χ4v) is 10.0. The summed E-state index contributed by atoms with van der Waals surface area (Å²) < 4.78 is 35.2. The van der Waals surface area contributed by atoms with E-state index in [9.17, 15) is 13.8 Å². The molecule has 1 saturated carbocycles. The van der Waals surface area contributed by atoms with Crippen molar-refractivity contribution in [2.75, 3.05) is 37.5 Å². The number of anilines is 1. The lowest BCUT2D eigenvalue weighted by Crippen LogP contribution is -2.49. The molecule has 6 atom stereocenters. The predicted molar refractivity (Wildman–Crippen MR) is 188 cm³/mol. The molecule has 3 aromatic rings. The topological polar surface area (TPSA) is 128 Å². The van der Waals surface area contributed by atoms with Gasteiger partial charge in [-0.1, -0.05) is 36.7 Å². The van der Waals surface area contributed by atoms with Gasteiger partial charge in [0.2, 0.25) is 0 Å². The molecule has 1 unspecified atom stereocenters. The Balaban J connectivity index is 1.31. The third-order valence-corrected chi connectivity index (χ3v) is 12.8. The molecule has 11 nitrogen and oxygen atoms in total. The van der Waals surface area contributed by atoms with Gasteiger partial charge >= 0.3 is 5.91 Å². The summed E-state index contributed by atoms with van der Waals surface area (Å²) in [5, 5.41) is 4.78. The Morgan fingerprint density at radius 2 is 2.08 bits per heavy atom. The smallest absolute Gasteiger partial charge is 0.305 e. The minimum atomic E-state index is -3.55. The number of hydrogen-bond donors (Lipinski definition) is 1. The largest absolute Gasteiger partial charge is 0.489 e. The molecule has 260 valence electrons. The molecule has 13 heteroatoms. The van der Waals surface area contributed by atoms with E-state index in [1.165, 1.54) is 28.2 Å². The molecule has 2 aromatic heterocycles. The number of ether oxygens (including phenoxy) is 2. The van der Waals surface area contributed by atoms with Crippen LogP contribution in [0.1, 0.15) is 71.0 Å². The molecule has 1 spiro atoms. The van der Waals surface area contributed by atoms with Crippen molar-refractivity contribution in [3.8, 4) is 5.75 Å². The molecule has 4 heterocycles. The van der Waals surface area contributed by atoms with Gasteiger partial charge in [-0.05, 0) is 91.7 Å². The maximum Gasteiger partial charge on any atom is 0.305 e. The van der Waals surface area contributed by atoms with Gasteiger partial charge in [0.25, 0.3) is 5.91 Å². The number of benzene rings is 1. The van der Waals surface area contributed by atoms with Crippen LogP contribution in [-0.2, 0) is 33.5 Å². The van der Waals surface area contributed by atoms with Crippen molar-refractivity contribution < 1.29 is 23.3 Å². The van der Waals surface area contributed by atoms with E-state index >= 15 is 0 Å². The lowest BCUT2D eigenvalue weighted by molar-refractivity contribution is 0.0131. The Morgan fingerprint density at radius 1 is 1.22 bits per heavy atom. The standard InChI is InChI=1S/C36H43ClN6O5S/c1-23-6-4-8-31(47-3)28-11-9-25(28)19-43-21-36(15-5-7-24-16-27(37)10-12-29(24)36)22-48-32-14-13-30(39-33(32)43)35(45)41-49(46,20-23)40-34(44)26-17-38-42(2)18-26/h4,8,10,12-14,16-18,23,25,28,31H,5-7,9,11,15,19-22H2,1-3H3,(H,40,41,44,45,46)/b8-4+/t23-,25-,28+,31-,36-,49?/m0/s1. The van der Waals surface area contributed by atoms with Crippen LogP contribution in [0.5, 0.6) is 5.75 Å². The van der Waals surface area contributed by atoms with Crippen LogP contribution in [0.2, 0.25) is 5.02 Å². The lowest BCUT2D eigenvalue weighted by Gasteiger charge is -2.45. The van der Waals surface area contributed by atoms with Crippen molar-refractivity contribution in [1.29, 1.82) is 0 Å². The summed E-state index contributed by atoms with van der Waals surface area (Å²) in [5.41, 5.74) is 2.46. The molecular weight excluding hydrogens is 664 g/mol. The van der Waals surface area contributed by atoms with Gasteiger partial charge < -0.3 is 14.4 Å². The second-order valence-corrected chi connectivity index (χ2v) is 16.6. The number of allylic oxidation sites excluding steroid dienone is 1. The summed E-state index contributed by atoms with van der Waals surface area (Å²) in [6.07, 6.45) is 12.6. The van der Waals surface area contributed by atoms with Crippen molar-refractivity contribution in [2.24, 2.45) is 29.2 Å². The van der Waals surface area contributed by atoms with Gasteiger partial charge in [0.1, 0.15) is 15.6 Å². The highest BCUT2D eigenvalue weighted by molar-refractivity contribution is 7.92. The Labute approximate surface area is 292 Å². The molecule has 49 heavy (non-hydrogen) atoms. The third kappa shape index (κ3) is 6.87. The first-order chi connectivity index (χ1) is 23.5. The minimum absolute atomic E-state index is 0.0229.